The van der Waals surface area contributed by atoms with E-state index in [4.69, 9.17) is 5.84 Å². The maximum atomic E-state index is 12.2. The van der Waals surface area contributed by atoms with Crippen LogP contribution in [0.4, 0.5) is 10.2 Å². The Morgan fingerprint density at radius 2 is 1.80 bits per heavy atom. The molecule has 10 heavy (non-hydrogen) atoms. The highest BCUT2D eigenvalue weighted by Crippen LogP contribution is 2.11. The van der Waals surface area contributed by atoms with E-state index in [2.05, 4.69) is 0 Å². The van der Waals surface area contributed by atoms with Gasteiger partial charge in [0.25, 0.3) is 0 Å². The van der Waals surface area contributed by atoms with Crippen LogP contribution in [-0.4, -0.2) is 0 Å². The van der Waals surface area contributed by atoms with Gasteiger partial charge in [0, 0.05) is 0 Å². The summed E-state index contributed by atoms with van der Waals surface area (Å²) in [6, 6.07) is 6.84. The van der Waals surface area contributed by atoms with Gasteiger partial charge in [-0.15, -0.1) is 5.23 Å². The number of rotatable bonds is 1. The molecular weight excluding hydrogens is 131 g/mol. The van der Waals surface area contributed by atoms with Crippen LogP contribution in [0.25, 0.3) is 0 Å². The van der Waals surface area contributed by atoms with E-state index in [0.717, 1.165) is 5.56 Å². The predicted octanol–water partition coefficient (Wildman–Crippen LogP) is 1.56. The van der Waals surface area contributed by atoms with E-state index >= 15 is 0 Å². The second-order valence-electron chi connectivity index (χ2n) is 2.15. The Balaban J connectivity index is 2.89. The number of benzene rings is 1. The predicted molar refractivity (Wildman–Crippen MR) is 39.0 cm³/mol. The van der Waals surface area contributed by atoms with Crippen molar-refractivity contribution in [1.29, 1.82) is 0 Å². The van der Waals surface area contributed by atoms with Crippen molar-refractivity contribution in [2.24, 2.45) is 5.84 Å². The van der Waals surface area contributed by atoms with Crippen LogP contribution >= 0.6 is 0 Å². The van der Waals surface area contributed by atoms with Gasteiger partial charge < -0.3 is 0 Å². The minimum absolute atomic E-state index is 0.0967. The van der Waals surface area contributed by atoms with E-state index in [9.17, 15) is 4.48 Å². The summed E-state index contributed by atoms with van der Waals surface area (Å²) < 4.78 is 12.2. The van der Waals surface area contributed by atoms with Crippen molar-refractivity contribution >= 4 is 5.69 Å². The van der Waals surface area contributed by atoms with E-state index in [1.807, 2.05) is 6.92 Å². The van der Waals surface area contributed by atoms with Gasteiger partial charge in [-0.1, -0.05) is 22.2 Å². The van der Waals surface area contributed by atoms with Gasteiger partial charge in [0.15, 0.2) is 0 Å². The third-order valence-electron chi connectivity index (χ3n) is 1.28. The molecule has 0 spiro atoms. The molecule has 0 unspecified atom stereocenters. The number of hydrazine groups is 1. The summed E-state index contributed by atoms with van der Waals surface area (Å²) in [4.78, 5) is 0. The lowest BCUT2D eigenvalue weighted by Crippen LogP contribution is -2.19. The number of nitrogens with two attached hydrogens (primary N) is 1. The lowest BCUT2D eigenvalue weighted by molar-refractivity contribution is 0.444. The van der Waals surface area contributed by atoms with Crippen molar-refractivity contribution in [2.75, 3.05) is 5.23 Å². The van der Waals surface area contributed by atoms with Gasteiger partial charge >= 0.3 is 0 Å². The van der Waals surface area contributed by atoms with Crippen LogP contribution in [-0.2, 0) is 0 Å². The Kier molecular flexibility index (Phi) is 1.87. The zero-order valence-corrected chi connectivity index (χ0v) is 5.71. The molecule has 0 bridgehead atoms. The molecule has 0 aliphatic carbocycles. The van der Waals surface area contributed by atoms with Crippen LogP contribution in [0.5, 0.6) is 0 Å². The van der Waals surface area contributed by atoms with Crippen LogP contribution < -0.4 is 11.1 Å². The van der Waals surface area contributed by atoms with Gasteiger partial charge in [0.1, 0.15) is 0 Å². The van der Waals surface area contributed by atoms with E-state index in [1.54, 1.807) is 24.3 Å². The molecule has 3 heteroatoms. The first-order valence-electron chi connectivity index (χ1n) is 2.97. The minimum Gasteiger partial charge on any atom is -0.218 e. The fourth-order valence-corrected chi connectivity index (χ4v) is 0.687. The Morgan fingerprint density at radius 3 is 2.20 bits per heavy atom. The number of hydrogen-bond acceptors (Lipinski definition) is 2. The summed E-state index contributed by atoms with van der Waals surface area (Å²) in [5.74, 6) is 4.83. The molecule has 0 aliphatic heterocycles. The van der Waals surface area contributed by atoms with Gasteiger partial charge in [0.05, 0.1) is 5.69 Å². The third kappa shape index (κ3) is 1.45. The molecule has 0 saturated carbocycles. The fraction of sp³-hybridized carbons (Fsp3) is 0.143. The molecular formula is C7H9FN2. The quantitative estimate of drug-likeness (QED) is 0.364. The standard InChI is InChI=1S/C7H9FN2/c1-6-2-4-7(5-3-6)10(8)9/h2-5H,9H2,1H3. The zero-order chi connectivity index (χ0) is 7.56. The van der Waals surface area contributed by atoms with Gasteiger partial charge in [0.2, 0.25) is 0 Å². The van der Waals surface area contributed by atoms with E-state index in [-0.39, 0.29) is 5.23 Å². The lowest BCUT2D eigenvalue weighted by Gasteiger charge is -2.04. The van der Waals surface area contributed by atoms with Crippen molar-refractivity contribution in [3.8, 4) is 0 Å². The molecule has 0 aliphatic rings. The topological polar surface area (TPSA) is 29.3 Å². The molecule has 1 aromatic carbocycles. The molecule has 0 radical (unpaired) electrons. The Labute approximate surface area is 59.0 Å². The first kappa shape index (κ1) is 7.02. The normalized spacial score (nSPS) is 9.50. The summed E-state index contributed by atoms with van der Waals surface area (Å²) >= 11 is 0. The van der Waals surface area contributed by atoms with E-state index < -0.39 is 0 Å². The zero-order valence-electron chi connectivity index (χ0n) is 5.71. The van der Waals surface area contributed by atoms with Crippen LogP contribution in [0.2, 0.25) is 0 Å². The third-order valence-corrected chi connectivity index (χ3v) is 1.28. The molecule has 0 saturated heterocycles. The molecule has 0 heterocycles. The summed E-state index contributed by atoms with van der Waals surface area (Å²) in [7, 11) is 0. The maximum absolute atomic E-state index is 12.2. The molecule has 0 amide bonds. The molecule has 0 aromatic heterocycles. The molecule has 0 fully saturated rings. The van der Waals surface area contributed by atoms with Crippen molar-refractivity contribution in [2.45, 2.75) is 6.92 Å². The second-order valence-corrected chi connectivity index (χ2v) is 2.15. The monoisotopic (exact) mass is 140 g/mol. The summed E-state index contributed by atoms with van der Waals surface area (Å²) in [5.41, 5.74) is 1.45. The van der Waals surface area contributed by atoms with Crippen LogP contribution in [0.15, 0.2) is 24.3 Å². The fourth-order valence-electron chi connectivity index (χ4n) is 0.687. The van der Waals surface area contributed by atoms with Gasteiger partial charge in [-0.25, -0.2) is 5.84 Å². The molecule has 54 valence electrons. The van der Waals surface area contributed by atoms with E-state index in [1.165, 1.54) is 0 Å². The largest absolute Gasteiger partial charge is 0.218 e. The number of hydrogen-bond donors (Lipinski definition) is 1. The van der Waals surface area contributed by atoms with Gasteiger partial charge in [-0.2, -0.15) is 0 Å². The Bertz CT molecular complexity index is 205. The summed E-state index contributed by atoms with van der Waals surface area (Å²) in [6.07, 6.45) is 0. The molecule has 2 nitrogen and oxygen atoms in total. The number of anilines is 1. The highest BCUT2D eigenvalue weighted by atomic mass is 19.2. The first-order chi connectivity index (χ1) is 4.70. The van der Waals surface area contributed by atoms with Gasteiger partial charge in [-0.05, 0) is 19.1 Å². The molecule has 1 rings (SSSR count). The van der Waals surface area contributed by atoms with Crippen molar-refractivity contribution < 1.29 is 4.48 Å². The highest BCUT2D eigenvalue weighted by Gasteiger charge is 1.95. The average Bonchev–Trinajstić information content (AvgIpc) is 1.88. The molecule has 0 atom stereocenters. The van der Waals surface area contributed by atoms with Gasteiger partial charge in [-0.3, -0.25) is 0 Å². The second kappa shape index (κ2) is 2.66. The highest BCUT2D eigenvalue weighted by molar-refractivity contribution is 5.43. The SMILES string of the molecule is Cc1ccc(N(N)F)cc1. The Hall–Kier alpha value is -1.09. The van der Waals surface area contributed by atoms with Crippen molar-refractivity contribution in [3.05, 3.63) is 29.8 Å². The lowest BCUT2D eigenvalue weighted by atomic mass is 10.2. The maximum Gasteiger partial charge on any atom is 0.0872 e. The molecule has 2 N–H and O–H groups in total. The average molecular weight is 140 g/mol. The van der Waals surface area contributed by atoms with E-state index in [0.29, 0.717) is 5.69 Å². The summed E-state index contributed by atoms with van der Waals surface area (Å²) in [6.45, 7) is 1.93. The Morgan fingerprint density at radius 1 is 1.30 bits per heavy atom. The smallest absolute Gasteiger partial charge is 0.0872 e. The number of aryl methyl sites for hydroxylation is 1. The van der Waals surface area contributed by atoms with Crippen LogP contribution in [0, 0.1) is 6.92 Å². The van der Waals surface area contributed by atoms with Crippen molar-refractivity contribution in [3.63, 3.8) is 0 Å². The van der Waals surface area contributed by atoms with Crippen LogP contribution in [0.1, 0.15) is 5.56 Å². The number of halogens is 1. The first-order valence-corrected chi connectivity index (χ1v) is 2.97. The minimum atomic E-state index is 0.0967. The molecule has 1 aromatic rings. The number of nitrogens with zero attached hydrogens (tertiary/aromatic N) is 1. The van der Waals surface area contributed by atoms with Crippen molar-refractivity contribution in [1.82, 2.24) is 0 Å². The summed E-state index contributed by atoms with van der Waals surface area (Å²) in [5, 5.41) is 0.0967. The van der Waals surface area contributed by atoms with Crippen LogP contribution in [0.3, 0.4) is 0 Å².